The molecule has 0 saturated carbocycles. The summed E-state index contributed by atoms with van der Waals surface area (Å²) >= 11 is 0. The summed E-state index contributed by atoms with van der Waals surface area (Å²) in [5.41, 5.74) is 5.76. The maximum absolute atomic E-state index is 13.3. The van der Waals surface area contributed by atoms with E-state index in [1.807, 2.05) is 6.92 Å². The predicted molar refractivity (Wildman–Crippen MR) is 82.3 cm³/mol. The molecule has 1 N–H and O–H groups in total. The summed E-state index contributed by atoms with van der Waals surface area (Å²) < 4.78 is 26.2. The Balaban J connectivity index is 2.08. The molecule has 0 fully saturated rings. The van der Waals surface area contributed by atoms with Gasteiger partial charge in [0.2, 0.25) is 0 Å². The molecule has 0 heterocycles. The van der Waals surface area contributed by atoms with E-state index in [1.54, 1.807) is 6.07 Å². The fourth-order valence-corrected chi connectivity index (χ4v) is 2.37. The van der Waals surface area contributed by atoms with Crippen LogP contribution < -0.4 is 5.32 Å². The van der Waals surface area contributed by atoms with Crippen LogP contribution in [0.2, 0.25) is 0 Å². The molecule has 0 aliphatic heterocycles. The Morgan fingerprint density at radius 3 is 2.24 bits per heavy atom. The monoisotopic (exact) mass is 289 g/mol. The number of hydrogen-bond donors (Lipinski definition) is 1. The standard InChI is InChI=1S/C18H21F2N/c1-11-7-13(3)16(8-12(11)2)10-21-14(4)15-5-6-17(19)18(20)9-15/h5-9,14,21H,10H2,1-4H3. The molecule has 0 bridgehead atoms. The highest BCUT2D eigenvalue weighted by Crippen LogP contribution is 2.19. The lowest BCUT2D eigenvalue weighted by atomic mass is 10.0. The maximum Gasteiger partial charge on any atom is 0.159 e. The molecule has 0 amide bonds. The number of nitrogens with one attached hydrogen (secondary N) is 1. The zero-order valence-electron chi connectivity index (χ0n) is 12.9. The second kappa shape index (κ2) is 6.35. The molecule has 0 aliphatic rings. The molecule has 1 unspecified atom stereocenters. The predicted octanol–water partition coefficient (Wildman–Crippen LogP) is 4.74. The Labute approximate surface area is 125 Å². The van der Waals surface area contributed by atoms with Crippen molar-refractivity contribution in [2.75, 3.05) is 0 Å². The van der Waals surface area contributed by atoms with Crippen LogP contribution in [0.25, 0.3) is 0 Å². The highest BCUT2D eigenvalue weighted by Gasteiger charge is 2.10. The Hall–Kier alpha value is -1.74. The lowest BCUT2D eigenvalue weighted by Crippen LogP contribution is -2.19. The molecule has 3 heteroatoms. The lowest BCUT2D eigenvalue weighted by Gasteiger charge is -2.16. The molecule has 0 spiro atoms. The number of hydrogen-bond acceptors (Lipinski definition) is 1. The first kappa shape index (κ1) is 15.6. The number of benzene rings is 2. The summed E-state index contributed by atoms with van der Waals surface area (Å²) in [6.07, 6.45) is 0. The van der Waals surface area contributed by atoms with Crippen LogP contribution >= 0.6 is 0 Å². The van der Waals surface area contributed by atoms with Gasteiger partial charge in [-0.3, -0.25) is 0 Å². The van der Waals surface area contributed by atoms with Gasteiger partial charge in [0.1, 0.15) is 0 Å². The van der Waals surface area contributed by atoms with Gasteiger partial charge in [-0.2, -0.15) is 0 Å². The van der Waals surface area contributed by atoms with Crippen molar-refractivity contribution >= 4 is 0 Å². The van der Waals surface area contributed by atoms with E-state index in [2.05, 4.69) is 38.2 Å². The molecule has 112 valence electrons. The van der Waals surface area contributed by atoms with Gasteiger partial charge in [-0.25, -0.2) is 8.78 Å². The summed E-state index contributed by atoms with van der Waals surface area (Å²) in [5.74, 6) is -1.61. The Morgan fingerprint density at radius 2 is 1.57 bits per heavy atom. The van der Waals surface area contributed by atoms with Gasteiger partial charge in [-0.15, -0.1) is 0 Å². The van der Waals surface area contributed by atoms with Crippen molar-refractivity contribution < 1.29 is 8.78 Å². The van der Waals surface area contributed by atoms with Crippen molar-refractivity contribution in [2.45, 2.75) is 40.3 Å². The maximum atomic E-state index is 13.3. The molecule has 1 nitrogen and oxygen atoms in total. The third-order valence-corrected chi connectivity index (χ3v) is 3.99. The molecular weight excluding hydrogens is 268 g/mol. The van der Waals surface area contributed by atoms with Crippen LogP contribution in [0, 0.1) is 32.4 Å². The quantitative estimate of drug-likeness (QED) is 0.857. The molecule has 0 saturated heterocycles. The first-order valence-corrected chi connectivity index (χ1v) is 7.13. The molecule has 2 aromatic carbocycles. The number of aryl methyl sites for hydroxylation is 3. The molecule has 0 radical (unpaired) electrons. The Bertz CT molecular complexity index is 650. The zero-order valence-corrected chi connectivity index (χ0v) is 12.9. The smallest absolute Gasteiger partial charge is 0.159 e. The second-order valence-electron chi connectivity index (χ2n) is 5.64. The fourth-order valence-electron chi connectivity index (χ4n) is 2.37. The molecule has 21 heavy (non-hydrogen) atoms. The number of halogens is 2. The Morgan fingerprint density at radius 1 is 0.905 bits per heavy atom. The molecule has 1 atom stereocenters. The molecule has 2 aromatic rings. The van der Waals surface area contributed by atoms with Gasteiger partial charge in [-0.05, 0) is 67.6 Å². The largest absolute Gasteiger partial charge is 0.306 e. The summed E-state index contributed by atoms with van der Waals surface area (Å²) in [6, 6.07) is 8.35. The second-order valence-corrected chi connectivity index (χ2v) is 5.64. The first-order valence-electron chi connectivity index (χ1n) is 7.13. The van der Waals surface area contributed by atoms with Crippen LogP contribution in [0.5, 0.6) is 0 Å². The highest BCUT2D eigenvalue weighted by atomic mass is 19.2. The van der Waals surface area contributed by atoms with Crippen molar-refractivity contribution in [1.29, 1.82) is 0 Å². The van der Waals surface area contributed by atoms with Gasteiger partial charge in [0.25, 0.3) is 0 Å². The van der Waals surface area contributed by atoms with E-state index in [9.17, 15) is 8.78 Å². The highest BCUT2D eigenvalue weighted by molar-refractivity contribution is 5.36. The van der Waals surface area contributed by atoms with Crippen LogP contribution in [-0.2, 0) is 6.54 Å². The number of rotatable bonds is 4. The average Bonchev–Trinajstić information content (AvgIpc) is 2.44. The summed E-state index contributed by atoms with van der Waals surface area (Å²) in [5, 5.41) is 3.36. The van der Waals surface area contributed by atoms with Gasteiger partial charge >= 0.3 is 0 Å². The molecular formula is C18H21F2N. The zero-order chi connectivity index (χ0) is 15.6. The van der Waals surface area contributed by atoms with Crippen molar-refractivity contribution in [3.63, 3.8) is 0 Å². The van der Waals surface area contributed by atoms with Gasteiger partial charge in [0.05, 0.1) is 0 Å². The van der Waals surface area contributed by atoms with E-state index in [0.29, 0.717) is 6.54 Å². The van der Waals surface area contributed by atoms with Crippen molar-refractivity contribution in [2.24, 2.45) is 0 Å². The van der Waals surface area contributed by atoms with Crippen LogP contribution in [0.1, 0.15) is 40.8 Å². The fraction of sp³-hybridized carbons (Fsp3) is 0.333. The van der Waals surface area contributed by atoms with E-state index < -0.39 is 11.6 Å². The van der Waals surface area contributed by atoms with E-state index in [1.165, 1.54) is 34.4 Å². The Kier molecular flexibility index (Phi) is 4.73. The van der Waals surface area contributed by atoms with Gasteiger partial charge in [0, 0.05) is 12.6 Å². The van der Waals surface area contributed by atoms with Crippen LogP contribution in [0.15, 0.2) is 30.3 Å². The lowest BCUT2D eigenvalue weighted by molar-refractivity contribution is 0.500. The molecule has 2 rings (SSSR count). The van der Waals surface area contributed by atoms with Crippen LogP contribution in [0.4, 0.5) is 8.78 Å². The minimum atomic E-state index is -0.809. The minimum absolute atomic E-state index is 0.0406. The summed E-state index contributed by atoms with van der Waals surface area (Å²) in [6.45, 7) is 8.93. The van der Waals surface area contributed by atoms with Gasteiger partial charge in [0.15, 0.2) is 11.6 Å². The summed E-state index contributed by atoms with van der Waals surface area (Å²) in [4.78, 5) is 0. The van der Waals surface area contributed by atoms with E-state index >= 15 is 0 Å². The van der Waals surface area contributed by atoms with Crippen LogP contribution in [0.3, 0.4) is 0 Å². The van der Waals surface area contributed by atoms with Crippen LogP contribution in [-0.4, -0.2) is 0 Å². The first-order chi connectivity index (χ1) is 9.88. The van der Waals surface area contributed by atoms with Gasteiger partial charge in [-0.1, -0.05) is 18.2 Å². The third-order valence-electron chi connectivity index (χ3n) is 3.99. The van der Waals surface area contributed by atoms with Crippen molar-refractivity contribution in [1.82, 2.24) is 5.32 Å². The SMILES string of the molecule is Cc1cc(C)c(CNC(C)c2ccc(F)c(F)c2)cc1C. The van der Waals surface area contributed by atoms with E-state index in [4.69, 9.17) is 0 Å². The van der Waals surface area contributed by atoms with E-state index in [0.717, 1.165) is 5.56 Å². The third kappa shape index (κ3) is 3.67. The normalized spacial score (nSPS) is 12.5. The van der Waals surface area contributed by atoms with E-state index in [-0.39, 0.29) is 6.04 Å². The molecule has 0 aromatic heterocycles. The van der Waals surface area contributed by atoms with Crippen molar-refractivity contribution in [3.05, 3.63) is 69.8 Å². The van der Waals surface area contributed by atoms with Crippen molar-refractivity contribution in [3.8, 4) is 0 Å². The summed E-state index contributed by atoms with van der Waals surface area (Å²) in [7, 11) is 0. The molecule has 0 aliphatic carbocycles. The topological polar surface area (TPSA) is 12.0 Å². The average molecular weight is 289 g/mol. The minimum Gasteiger partial charge on any atom is -0.306 e. The van der Waals surface area contributed by atoms with Gasteiger partial charge < -0.3 is 5.32 Å².